The SMILES string of the molecule is C=CC(=O)Nc1cccc(Oc2cc(Nc3nc4c(cc3C)CN(C)CC4)nc3ccnn23)c1.C=CC(=O)Nc1cccc(Oc2nc(Nc3cc4c(cc3C)CN(C)CC4)nc3ccnn23)c1.C=CC(=O)Nc1cccc(Sc2cc(Nc3nc4c(cc3C)CN(C)CC4)nc3ccnn23)c1. The van der Waals surface area contributed by atoms with E-state index >= 15 is 0 Å². The second-order valence-corrected chi connectivity index (χ2v) is 25.9. The number of aromatic nitrogens is 12. The quantitative estimate of drug-likeness (QED) is 0.0344. The van der Waals surface area contributed by atoms with Gasteiger partial charge in [-0.1, -0.05) is 55.8 Å². The Balaban J connectivity index is 0.000000137. The molecule has 3 aliphatic heterocycles. The molecular weight excluding hydrogens is 1310 g/mol. The fourth-order valence-corrected chi connectivity index (χ4v) is 12.9. The van der Waals surface area contributed by atoms with Gasteiger partial charge in [0, 0.05) is 134 Å². The number of nitrogens with zero attached hydrogens (tertiary/aromatic N) is 15. The number of carbonyl (C=O) groups excluding carboxylic acids is 3. The molecule has 3 amide bonds. The second kappa shape index (κ2) is 30.5. The van der Waals surface area contributed by atoms with Gasteiger partial charge in [0.15, 0.2) is 16.9 Å². The molecule has 0 saturated carbocycles. The standard InChI is InChI=1S/2C25H25N7O2.C25H25N7OS/c1-4-23(33)27-18-6-5-7-19(13-18)34-24-14-21(29-22-8-10-26-32(22)24)30-25-16(2)12-17-15-31(3)11-9-20(17)28-25;1-4-23(33)27-19-6-5-7-20(14-19)34-25-30-24(29-22-8-10-26-32(22)25)28-21-13-17-9-11-31(3)15-18(17)12-16(21)2;1-4-23(33)27-18-6-5-7-19(13-18)34-24-14-21(29-22-8-10-26-32(22)24)30-25-16(2)12-17-15-31(3)11-9-20(17)28-25/h4-8,10,12-14H,1,9,11,15H2,2-3H3,(H,27,33)(H,28,29,30);4-8,10,12-14H,1,9,11,15H2,2-3H3,(H,27,33)(H,28,29);4-8,10,12-14H,1,9,11,15H2,2-3H3,(H,27,33)(H,28,29,30). The van der Waals surface area contributed by atoms with Gasteiger partial charge in [-0.3, -0.25) is 14.4 Å². The molecule has 12 aromatic rings. The number of ether oxygens (including phenoxy) is 2. The number of nitrogens with one attached hydrogen (secondary N) is 6. The van der Waals surface area contributed by atoms with E-state index in [1.165, 1.54) is 56.8 Å². The lowest BCUT2D eigenvalue weighted by molar-refractivity contribution is -0.112. The van der Waals surface area contributed by atoms with E-state index in [-0.39, 0.29) is 23.7 Å². The van der Waals surface area contributed by atoms with Crippen molar-refractivity contribution in [3.05, 3.63) is 234 Å². The number of aryl methyl sites for hydroxylation is 3. The lowest BCUT2D eigenvalue weighted by atomic mass is 9.96. The highest BCUT2D eigenvalue weighted by Crippen LogP contribution is 2.35. The molecule has 26 nitrogen and oxygen atoms in total. The molecule has 27 heteroatoms. The fourth-order valence-electron chi connectivity index (χ4n) is 11.9. The van der Waals surface area contributed by atoms with E-state index in [1.54, 1.807) is 88.3 Å². The van der Waals surface area contributed by atoms with Gasteiger partial charge in [-0.05, 0) is 166 Å². The minimum Gasteiger partial charge on any atom is -0.439 e. The zero-order valence-corrected chi connectivity index (χ0v) is 58.0. The van der Waals surface area contributed by atoms with Crippen molar-refractivity contribution in [2.45, 2.75) is 69.6 Å². The van der Waals surface area contributed by atoms with Crippen LogP contribution in [0.5, 0.6) is 23.4 Å². The molecule has 15 rings (SSSR count). The highest BCUT2D eigenvalue weighted by molar-refractivity contribution is 7.99. The van der Waals surface area contributed by atoms with Crippen LogP contribution in [0.15, 0.2) is 194 Å². The smallest absolute Gasteiger partial charge is 0.328 e. The third kappa shape index (κ3) is 16.4. The summed E-state index contributed by atoms with van der Waals surface area (Å²) in [4.78, 5) is 71.2. The molecule has 0 fully saturated rings. The largest absolute Gasteiger partial charge is 0.439 e. The van der Waals surface area contributed by atoms with Crippen LogP contribution in [0.2, 0.25) is 0 Å². The normalized spacial score (nSPS) is 13.4. The number of benzene rings is 4. The number of amides is 3. The molecule has 0 radical (unpaired) electrons. The first-order valence-electron chi connectivity index (χ1n) is 33.0. The molecule has 0 atom stereocenters. The predicted molar refractivity (Wildman–Crippen MR) is 396 cm³/mol. The van der Waals surface area contributed by atoms with Crippen LogP contribution in [0.3, 0.4) is 0 Å². The summed E-state index contributed by atoms with van der Waals surface area (Å²) < 4.78 is 17.1. The van der Waals surface area contributed by atoms with Crippen molar-refractivity contribution in [1.82, 2.24) is 73.4 Å². The van der Waals surface area contributed by atoms with Crippen molar-refractivity contribution in [1.29, 1.82) is 0 Å². The van der Waals surface area contributed by atoms with Gasteiger partial charge in [-0.2, -0.15) is 34.3 Å². The highest BCUT2D eigenvalue weighted by atomic mass is 32.2. The Morgan fingerprint density at radius 2 is 0.961 bits per heavy atom. The monoisotopic (exact) mass is 1380 g/mol. The van der Waals surface area contributed by atoms with Crippen LogP contribution in [-0.4, -0.2) is 132 Å². The number of hydrogen-bond acceptors (Lipinski definition) is 21. The van der Waals surface area contributed by atoms with Crippen molar-refractivity contribution in [2.75, 3.05) is 72.7 Å². The summed E-state index contributed by atoms with van der Waals surface area (Å²) in [5.74, 6) is 4.00. The number of rotatable bonds is 18. The van der Waals surface area contributed by atoms with Gasteiger partial charge in [0.1, 0.15) is 39.8 Å². The summed E-state index contributed by atoms with van der Waals surface area (Å²) in [6.45, 7) is 22.5. The first kappa shape index (κ1) is 68.4. The molecule has 102 heavy (non-hydrogen) atoms. The van der Waals surface area contributed by atoms with Gasteiger partial charge in [0.2, 0.25) is 29.5 Å². The summed E-state index contributed by atoms with van der Waals surface area (Å²) in [6, 6.07) is 40.1. The van der Waals surface area contributed by atoms with E-state index < -0.39 is 0 Å². The van der Waals surface area contributed by atoms with Gasteiger partial charge in [0.25, 0.3) is 0 Å². The van der Waals surface area contributed by atoms with E-state index in [4.69, 9.17) is 24.4 Å². The Morgan fingerprint density at radius 1 is 0.471 bits per heavy atom. The molecule has 0 spiro atoms. The molecule has 6 N–H and O–H groups in total. The van der Waals surface area contributed by atoms with Crippen molar-refractivity contribution < 1.29 is 23.9 Å². The third-order valence-electron chi connectivity index (χ3n) is 17.0. The Labute approximate surface area is 592 Å². The molecule has 0 saturated heterocycles. The van der Waals surface area contributed by atoms with Crippen LogP contribution in [0.1, 0.15) is 50.3 Å². The van der Waals surface area contributed by atoms with Crippen LogP contribution in [-0.2, 0) is 53.3 Å². The molecule has 516 valence electrons. The Morgan fingerprint density at radius 3 is 1.55 bits per heavy atom. The van der Waals surface area contributed by atoms with Crippen LogP contribution < -0.4 is 41.4 Å². The van der Waals surface area contributed by atoms with Gasteiger partial charge in [0.05, 0.1) is 18.6 Å². The molecule has 8 aromatic heterocycles. The van der Waals surface area contributed by atoms with Crippen LogP contribution >= 0.6 is 11.8 Å². The van der Waals surface area contributed by atoms with Crippen LogP contribution in [0.25, 0.3) is 16.9 Å². The summed E-state index contributed by atoms with van der Waals surface area (Å²) in [6.07, 6.45) is 11.6. The first-order chi connectivity index (χ1) is 49.4. The predicted octanol–water partition coefficient (Wildman–Crippen LogP) is 12.6. The van der Waals surface area contributed by atoms with Gasteiger partial charge >= 0.3 is 6.01 Å². The van der Waals surface area contributed by atoms with E-state index in [0.717, 1.165) is 120 Å². The van der Waals surface area contributed by atoms with E-state index in [0.29, 0.717) is 63.3 Å². The maximum Gasteiger partial charge on any atom is 0.328 e. The summed E-state index contributed by atoms with van der Waals surface area (Å²) in [5, 5.41) is 32.3. The first-order valence-corrected chi connectivity index (χ1v) is 33.8. The lowest BCUT2D eigenvalue weighted by Crippen LogP contribution is -2.27. The minimum absolute atomic E-state index is 0.244. The molecule has 0 unspecified atom stereocenters. The van der Waals surface area contributed by atoms with Crippen molar-refractivity contribution in [2.24, 2.45) is 0 Å². The molecule has 0 aliphatic carbocycles. The van der Waals surface area contributed by atoms with Crippen molar-refractivity contribution >= 4 is 98.4 Å². The Hall–Kier alpha value is -12.2. The summed E-state index contributed by atoms with van der Waals surface area (Å²) in [5.41, 5.74) is 15.6. The summed E-state index contributed by atoms with van der Waals surface area (Å²) in [7, 11) is 6.40. The van der Waals surface area contributed by atoms with Crippen LogP contribution in [0, 0.1) is 20.8 Å². The van der Waals surface area contributed by atoms with E-state index in [2.05, 4.69) is 156 Å². The molecule has 3 aliphatic rings. The lowest BCUT2D eigenvalue weighted by Gasteiger charge is -2.26. The maximum absolute atomic E-state index is 11.7. The average molecular weight is 1380 g/mol. The number of fused-ring (bicyclic) bond motifs is 6. The highest BCUT2D eigenvalue weighted by Gasteiger charge is 2.22. The second-order valence-electron chi connectivity index (χ2n) is 24.9. The topological polar surface area (TPSA) is 281 Å². The van der Waals surface area contributed by atoms with Gasteiger partial charge < -0.3 is 56.1 Å². The number of hydrogen-bond donors (Lipinski definition) is 6. The molecular formula is C75H75N21O5S. The average Bonchev–Trinajstić information content (AvgIpc) is 1.41. The number of pyridine rings is 2. The number of likely N-dealkylation sites (N-methyl/N-ethyl adjacent to an activating group) is 3. The van der Waals surface area contributed by atoms with Crippen molar-refractivity contribution in [3.8, 4) is 23.4 Å². The molecule has 0 bridgehead atoms. The minimum atomic E-state index is -0.299. The summed E-state index contributed by atoms with van der Waals surface area (Å²) >= 11 is 1.54. The number of anilines is 9. The van der Waals surface area contributed by atoms with E-state index in [1.807, 2.05) is 49.4 Å². The fraction of sp³-hybridized carbons (Fsp3) is 0.200. The van der Waals surface area contributed by atoms with Crippen LogP contribution in [0.4, 0.5) is 52.0 Å². The zero-order valence-electron chi connectivity index (χ0n) is 57.2. The molecule has 4 aromatic carbocycles. The molecule has 11 heterocycles. The van der Waals surface area contributed by atoms with Gasteiger partial charge in [-0.25, -0.2) is 24.5 Å². The maximum atomic E-state index is 11.7. The Kier molecular flexibility index (Phi) is 20.5. The Bertz CT molecular complexity index is 4700. The third-order valence-corrected chi connectivity index (χ3v) is 18.0. The van der Waals surface area contributed by atoms with Gasteiger partial charge in [-0.15, -0.1) is 0 Å². The number of carbonyl (C=O) groups is 3. The zero-order chi connectivity index (χ0) is 71.0. The van der Waals surface area contributed by atoms with E-state index in [9.17, 15) is 14.4 Å². The van der Waals surface area contributed by atoms with Crippen molar-refractivity contribution in [3.63, 3.8) is 0 Å².